The predicted octanol–water partition coefficient (Wildman–Crippen LogP) is 3.16. The van der Waals surface area contributed by atoms with Gasteiger partial charge in [-0.05, 0) is 35.1 Å². The van der Waals surface area contributed by atoms with Crippen molar-refractivity contribution in [1.29, 1.82) is 0 Å². The van der Waals surface area contributed by atoms with Gasteiger partial charge in [0.05, 0.1) is 6.61 Å². The number of alkyl carbamates (subject to hydrolysis) is 1. The van der Waals surface area contributed by atoms with Gasteiger partial charge in [-0.1, -0.05) is 55.5 Å². The van der Waals surface area contributed by atoms with Crippen LogP contribution in [0.15, 0.2) is 48.5 Å². The molecule has 3 N–H and O–H groups in total. The minimum Gasteiger partial charge on any atom is -0.481 e. The number of carboxylic acid groups (broad SMARTS) is 1. The number of rotatable bonds is 10. The number of carbonyl (C=O) groups is 3. The average molecular weight is 455 g/mol. The summed E-state index contributed by atoms with van der Waals surface area (Å²) in [4.78, 5) is 36.2. The van der Waals surface area contributed by atoms with Gasteiger partial charge in [0.15, 0.2) is 0 Å². The zero-order valence-corrected chi connectivity index (χ0v) is 19.1. The highest BCUT2D eigenvalue weighted by Gasteiger charge is 2.36. The first-order valence-corrected chi connectivity index (χ1v) is 10.9. The number of benzene rings is 2. The number of carbonyl (C=O) groups excluding carboxylic acids is 2. The summed E-state index contributed by atoms with van der Waals surface area (Å²) in [5, 5.41) is 14.2. The number of nitrogens with one attached hydrogen (secondary N) is 2. The van der Waals surface area contributed by atoms with E-state index in [1.54, 1.807) is 6.92 Å². The van der Waals surface area contributed by atoms with Gasteiger partial charge in [0.1, 0.15) is 12.1 Å². The molecule has 2 amide bonds. The Balaban J connectivity index is 1.63. The second-order valence-corrected chi connectivity index (χ2v) is 8.63. The zero-order chi connectivity index (χ0) is 24.0. The predicted molar refractivity (Wildman–Crippen MR) is 123 cm³/mol. The van der Waals surface area contributed by atoms with Gasteiger partial charge in [-0.2, -0.15) is 0 Å². The summed E-state index contributed by atoms with van der Waals surface area (Å²) >= 11 is 0. The van der Waals surface area contributed by atoms with E-state index in [2.05, 4.69) is 22.8 Å². The van der Waals surface area contributed by atoms with Crippen molar-refractivity contribution in [3.05, 3.63) is 59.7 Å². The van der Waals surface area contributed by atoms with Crippen molar-refractivity contribution in [1.82, 2.24) is 10.6 Å². The van der Waals surface area contributed by atoms with Crippen molar-refractivity contribution in [3.8, 4) is 11.1 Å². The van der Waals surface area contributed by atoms with Crippen LogP contribution in [0.5, 0.6) is 0 Å². The molecule has 33 heavy (non-hydrogen) atoms. The maximum Gasteiger partial charge on any atom is 0.408 e. The van der Waals surface area contributed by atoms with Crippen molar-refractivity contribution in [2.75, 3.05) is 26.9 Å². The molecule has 176 valence electrons. The first kappa shape index (κ1) is 24.3. The van der Waals surface area contributed by atoms with E-state index in [4.69, 9.17) is 14.6 Å². The average Bonchev–Trinajstić information content (AvgIpc) is 3.09. The molecule has 1 aliphatic carbocycles. The monoisotopic (exact) mass is 454 g/mol. The Labute approximate surface area is 193 Å². The summed E-state index contributed by atoms with van der Waals surface area (Å²) in [6.45, 7) is 3.48. The van der Waals surface area contributed by atoms with E-state index < -0.39 is 23.5 Å². The Hall–Kier alpha value is -3.39. The number of carboxylic acids is 1. The molecule has 0 aliphatic heterocycles. The highest BCUT2D eigenvalue weighted by Crippen LogP contribution is 2.44. The number of aliphatic carboxylic acids is 1. The number of fused-ring (bicyclic) bond motifs is 3. The normalized spacial score (nSPS) is 15.0. The van der Waals surface area contributed by atoms with Crippen molar-refractivity contribution in [2.45, 2.75) is 31.7 Å². The Morgan fingerprint density at radius 3 is 2.18 bits per heavy atom. The van der Waals surface area contributed by atoms with Crippen LogP contribution in [0.4, 0.5) is 4.79 Å². The van der Waals surface area contributed by atoms with Crippen molar-refractivity contribution >= 4 is 18.0 Å². The fourth-order valence-corrected chi connectivity index (χ4v) is 4.14. The lowest BCUT2D eigenvalue weighted by atomic mass is 9.98. The number of methoxy groups -OCH3 is 1. The van der Waals surface area contributed by atoms with Gasteiger partial charge in [-0.3, -0.25) is 9.59 Å². The van der Waals surface area contributed by atoms with Crippen LogP contribution >= 0.6 is 0 Å². The second kappa shape index (κ2) is 10.5. The minimum atomic E-state index is -1.37. The molecule has 2 atom stereocenters. The molecule has 0 spiro atoms. The molecule has 1 aliphatic rings. The third kappa shape index (κ3) is 5.70. The first-order valence-electron chi connectivity index (χ1n) is 10.9. The molecule has 0 saturated carbocycles. The molecule has 8 heteroatoms. The van der Waals surface area contributed by atoms with E-state index in [9.17, 15) is 14.4 Å². The number of hydrogen-bond donors (Lipinski definition) is 3. The Morgan fingerprint density at radius 2 is 1.64 bits per heavy atom. The van der Waals surface area contributed by atoms with Gasteiger partial charge in [0.25, 0.3) is 0 Å². The summed E-state index contributed by atoms with van der Waals surface area (Å²) in [5.74, 6) is -1.77. The molecule has 0 radical (unpaired) electrons. The number of ether oxygens (including phenoxy) is 2. The molecule has 2 aromatic carbocycles. The van der Waals surface area contributed by atoms with Crippen molar-refractivity contribution < 1.29 is 29.0 Å². The van der Waals surface area contributed by atoms with E-state index >= 15 is 0 Å². The lowest BCUT2D eigenvalue weighted by molar-refractivity contribution is -0.138. The van der Waals surface area contributed by atoms with E-state index in [1.807, 2.05) is 36.4 Å². The SMILES string of the molecule is COCC(C)(NC(=O)OCC1c2ccccc2-c2ccccc21)C(=O)NCC(C)CC(=O)O. The lowest BCUT2D eigenvalue weighted by Crippen LogP contribution is -2.60. The van der Waals surface area contributed by atoms with Crippen LogP contribution in [0.3, 0.4) is 0 Å². The third-order valence-electron chi connectivity index (χ3n) is 5.79. The summed E-state index contributed by atoms with van der Waals surface area (Å²) in [6.07, 6.45) is -0.800. The highest BCUT2D eigenvalue weighted by molar-refractivity contribution is 5.89. The summed E-state index contributed by atoms with van der Waals surface area (Å²) in [7, 11) is 1.43. The van der Waals surface area contributed by atoms with Gasteiger partial charge >= 0.3 is 12.1 Å². The summed E-state index contributed by atoms with van der Waals surface area (Å²) in [6, 6.07) is 16.1. The molecular weight excluding hydrogens is 424 g/mol. The number of hydrogen-bond acceptors (Lipinski definition) is 5. The van der Waals surface area contributed by atoms with Crippen molar-refractivity contribution in [3.63, 3.8) is 0 Å². The fraction of sp³-hybridized carbons (Fsp3) is 0.400. The molecule has 2 aromatic rings. The molecule has 0 fully saturated rings. The quantitative estimate of drug-likeness (QED) is 0.508. The van der Waals surface area contributed by atoms with E-state index in [-0.39, 0.29) is 38.0 Å². The molecule has 8 nitrogen and oxygen atoms in total. The van der Waals surface area contributed by atoms with Crippen LogP contribution in [0, 0.1) is 5.92 Å². The van der Waals surface area contributed by atoms with Crippen LogP contribution in [0.25, 0.3) is 11.1 Å². The van der Waals surface area contributed by atoms with Gasteiger partial charge < -0.3 is 25.2 Å². The van der Waals surface area contributed by atoms with Crippen LogP contribution < -0.4 is 10.6 Å². The van der Waals surface area contributed by atoms with Gasteiger partial charge in [-0.25, -0.2) is 4.79 Å². The summed E-state index contributed by atoms with van der Waals surface area (Å²) < 4.78 is 10.7. The molecular formula is C25H30N2O6. The number of amides is 2. The largest absolute Gasteiger partial charge is 0.481 e. The van der Waals surface area contributed by atoms with E-state index in [0.29, 0.717) is 0 Å². The molecule has 0 aromatic heterocycles. The maximum atomic E-state index is 12.8. The molecule has 0 bridgehead atoms. The van der Waals surface area contributed by atoms with E-state index in [0.717, 1.165) is 22.3 Å². The topological polar surface area (TPSA) is 114 Å². The Bertz CT molecular complexity index is 978. The second-order valence-electron chi connectivity index (χ2n) is 8.63. The summed E-state index contributed by atoms with van der Waals surface area (Å²) in [5.41, 5.74) is 3.07. The maximum absolute atomic E-state index is 12.8. The van der Waals surface area contributed by atoms with Crippen LogP contribution in [-0.4, -0.2) is 55.5 Å². The minimum absolute atomic E-state index is 0.0684. The van der Waals surface area contributed by atoms with Crippen LogP contribution in [0.2, 0.25) is 0 Å². The van der Waals surface area contributed by atoms with Gasteiger partial charge in [-0.15, -0.1) is 0 Å². The standard InChI is InChI=1S/C25H30N2O6/c1-16(12-22(28)29)13-26-23(30)25(2,15-32-3)27-24(31)33-14-21-19-10-6-4-8-17(19)18-9-5-7-11-20(18)21/h4-11,16,21H,12-15H2,1-3H3,(H,26,30)(H,27,31)(H,28,29). The highest BCUT2D eigenvalue weighted by atomic mass is 16.5. The molecule has 2 unspecified atom stereocenters. The third-order valence-corrected chi connectivity index (χ3v) is 5.79. The molecule has 3 rings (SSSR count). The van der Waals surface area contributed by atoms with Gasteiger partial charge in [0.2, 0.25) is 5.91 Å². The van der Waals surface area contributed by atoms with Crippen LogP contribution in [0.1, 0.15) is 37.3 Å². The van der Waals surface area contributed by atoms with E-state index in [1.165, 1.54) is 14.0 Å². The molecule has 0 heterocycles. The Morgan fingerprint density at radius 1 is 1.06 bits per heavy atom. The molecule has 0 saturated heterocycles. The smallest absolute Gasteiger partial charge is 0.408 e. The Kier molecular flexibility index (Phi) is 7.71. The van der Waals surface area contributed by atoms with Crippen LogP contribution in [-0.2, 0) is 19.1 Å². The lowest BCUT2D eigenvalue weighted by Gasteiger charge is -2.29. The first-order chi connectivity index (χ1) is 15.7. The fourth-order valence-electron chi connectivity index (χ4n) is 4.14. The van der Waals surface area contributed by atoms with Gasteiger partial charge in [0, 0.05) is 26.0 Å². The zero-order valence-electron chi connectivity index (χ0n) is 19.1. The van der Waals surface area contributed by atoms with Crippen molar-refractivity contribution in [2.24, 2.45) is 5.92 Å².